The number of fused-ring (bicyclic) bond motifs is 1. The molecule has 0 radical (unpaired) electrons. The Morgan fingerprint density at radius 1 is 0.852 bits per heavy atom. The van der Waals surface area contributed by atoms with Crippen LogP contribution in [0.4, 0.5) is 0 Å². The Kier molecular flexibility index (Phi) is 3.95. The molecule has 0 amide bonds. The van der Waals surface area contributed by atoms with Crippen LogP contribution in [0.25, 0.3) is 32.9 Å². The van der Waals surface area contributed by atoms with Gasteiger partial charge in [0.1, 0.15) is 0 Å². The quantitative estimate of drug-likeness (QED) is 0.445. The first kappa shape index (κ1) is 15.8. The molecule has 4 aromatic heterocycles. The monoisotopic (exact) mass is 370 g/mol. The number of nitrogens with zero attached hydrogens (tertiary/aromatic N) is 4. The maximum atomic E-state index is 5.91. The van der Waals surface area contributed by atoms with Gasteiger partial charge in [0, 0.05) is 28.0 Å². The van der Waals surface area contributed by atoms with Crippen LogP contribution in [-0.2, 0) is 6.42 Å². The fourth-order valence-corrected chi connectivity index (χ4v) is 3.80. The predicted molar refractivity (Wildman–Crippen MR) is 105 cm³/mol. The minimum atomic E-state index is 0.544. The van der Waals surface area contributed by atoms with Crippen LogP contribution in [0.15, 0.2) is 76.8 Å². The molecule has 0 saturated carbocycles. The van der Waals surface area contributed by atoms with Crippen molar-refractivity contribution in [2.45, 2.75) is 6.42 Å². The Balaban J connectivity index is 1.39. The van der Waals surface area contributed by atoms with Crippen molar-refractivity contribution in [3.63, 3.8) is 0 Å². The van der Waals surface area contributed by atoms with Gasteiger partial charge in [-0.3, -0.25) is 9.97 Å². The van der Waals surface area contributed by atoms with Crippen LogP contribution in [-0.4, -0.2) is 20.2 Å². The summed E-state index contributed by atoms with van der Waals surface area (Å²) >= 11 is 1.70. The van der Waals surface area contributed by atoms with Crippen LogP contribution in [0.3, 0.4) is 0 Å². The molecule has 4 heterocycles. The van der Waals surface area contributed by atoms with Crippen molar-refractivity contribution in [3.05, 3.63) is 83.8 Å². The summed E-state index contributed by atoms with van der Waals surface area (Å²) in [6.07, 6.45) is 4.13. The molecule has 27 heavy (non-hydrogen) atoms. The van der Waals surface area contributed by atoms with Gasteiger partial charge in [-0.15, -0.1) is 21.5 Å². The number of benzene rings is 1. The average Bonchev–Trinajstić information content (AvgIpc) is 3.38. The van der Waals surface area contributed by atoms with Crippen molar-refractivity contribution in [1.82, 2.24) is 20.2 Å². The Labute approximate surface area is 159 Å². The minimum absolute atomic E-state index is 0.544. The third-order valence-corrected chi connectivity index (χ3v) is 5.18. The fraction of sp³-hybridized carbons (Fsp3) is 0.0476. The maximum absolute atomic E-state index is 5.91. The van der Waals surface area contributed by atoms with Gasteiger partial charge >= 0.3 is 0 Å². The summed E-state index contributed by atoms with van der Waals surface area (Å²) in [6.45, 7) is 0. The van der Waals surface area contributed by atoms with E-state index in [0.29, 0.717) is 18.2 Å². The van der Waals surface area contributed by atoms with E-state index in [4.69, 9.17) is 4.42 Å². The van der Waals surface area contributed by atoms with Gasteiger partial charge in [-0.05, 0) is 47.3 Å². The highest BCUT2D eigenvalue weighted by molar-refractivity contribution is 7.17. The van der Waals surface area contributed by atoms with Gasteiger partial charge in [0.25, 0.3) is 0 Å². The first-order valence-electron chi connectivity index (χ1n) is 8.52. The van der Waals surface area contributed by atoms with Crippen LogP contribution >= 0.6 is 11.3 Å². The molecule has 0 fully saturated rings. The van der Waals surface area contributed by atoms with Gasteiger partial charge in [0.15, 0.2) is 0 Å². The summed E-state index contributed by atoms with van der Waals surface area (Å²) in [5.41, 5.74) is 3.68. The number of hydrogen-bond acceptors (Lipinski definition) is 6. The van der Waals surface area contributed by atoms with Gasteiger partial charge in [-0.2, -0.15) is 0 Å². The zero-order valence-electron chi connectivity index (χ0n) is 14.2. The van der Waals surface area contributed by atoms with Crippen molar-refractivity contribution in [2.75, 3.05) is 0 Å². The molecule has 0 bridgehead atoms. The molecule has 0 atom stereocenters. The Bertz CT molecular complexity index is 1200. The number of pyridine rings is 2. The zero-order valence-corrected chi connectivity index (χ0v) is 15.1. The number of hydrogen-bond donors (Lipinski definition) is 0. The van der Waals surface area contributed by atoms with E-state index in [1.165, 1.54) is 4.70 Å². The average molecular weight is 370 g/mol. The first-order chi connectivity index (χ1) is 13.4. The molecule has 1 aromatic carbocycles. The van der Waals surface area contributed by atoms with Gasteiger partial charge < -0.3 is 4.42 Å². The van der Waals surface area contributed by atoms with E-state index < -0.39 is 0 Å². The van der Waals surface area contributed by atoms with Gasteiger partial charge in [-0.1, -0.05) is 18.2 Å². The third-order valence-electron chi connectivity index (χ3n) is 4.30. The molecular weight excluding hydrogens is 356 g/mol. The second-order valence-corrected chi connectivity index (χ2v) is 7.03. The van der Waals surface area contributed by atoms with E-state index in [1.54, 1.807) is 17.5 Å². The molecule has 0 unspecified atom stereocenters. The second-order valence-electron chi connectivity index (χ2n) is 6.08. The molecule has 0 spiro atoms. The van der Waals surface area contributed by atoms with E-state index in [9.17, 15) is 0 Å². The van der Waals surface area contributed by atoms with E-state index in [0.717, 1.165) is 27.9 Å². The topological polar surface area (TPSA) is 64.7 Å². The van der Waals surface area contributed by atoms with Crippen LogP contribution < -0.4 is 0 Å². The Morgan fingerprint density at radius 3 is 2.67 bits per heavy atom. The molecule has 5 aromatic rings. The minimum Gasteiger partial charge on any atom is -0.420 e. The first-order valence-corrected chi connectivity index (χ1v) is 9.40. The lowest BCUT2D eigenvalue weighted by atomic mass is 10.1. The number of rotatable bonds is 4. The maximum Gasteiger partial charge on any atom is 0.248 e. The molecule has 6 heteroatoms. The van der Waals surface area contributed by atoms with E-state index in [1.807, 2.05) is 48.7 Å². The SMILES string of the molecule is c1ccc(-c2ccc(Cc3nnc(-c4cccc5sccc45)o3)cn2)nc1. The molecule has 130 valence electrons. The molecule has 5 rings (SSSR count). The molecule has 0 aliphatic rings. The van der Waals surface area contributed by atoms with Crippen molar-refractivity contribution in [3.8, 4) is 22.8 Å². The standard InChI is InChI=1S/C21H14N4OS/c1-2-10-22-17(5-1)18-8-7-14(13-23-18)12-20-24-25-21(26-20)16-4-3-6-19-15(16)9-11-27-19/h1-11,13H,12H2. The van der Waals surface area contributed by atoms with E-state index >= 15 is 0 Å². The normalized spacial score (nSPS) is 11.1. The van der Waals surface area contributed by atoms with Crippen LogP contribution in [0.1, 0.15) is 11.5 Å². The zero-order chi connectivity index (χ0) is 18.1. The lowest BCUT2D eigenvalue weighted by Crippen LogP contribution is -1.92. The highest BCUT2D eigenvalue weighted by Gasteiger charge is 2.13. The van der Waals surface area contributed by atoms with Crippen molar-refractivity contribution >= 4 is 21.4 Å². The number of thiophene rings is 1. The lowest BCUT2D eigenvalue weighted by Gasteiger charge is -2.01. The van der Waals surface area contributed by atoms with Gasteiger partial charge in [-0.25, -0.2) is 0 Å². The molecular formula is C21H14N4OS. The van der Waals surface area contributed by atoms with Crippen molar-refractivity contribution in [2.24, 2.45) is 0 Å². The number of aromatic nitrogens is 4. The van der Waals surface area contributed by atoms with Crippen LogP contribution in [0.5, 0.6) is 0 Å². The molecule has 0 aliphatic carbocycles. The van der Waals surface area contributed by atoms with Crippen molar-refractivity contribution < 1.29 is 4.42 Å². The third kappa shape index (κ3) is 3.11. The van der Waals surface area contributed by atoms with Crippen molar-refractivity contribution in [1.29, 1.82) is 0 Å². The molecule has 0 aliphatic heterocycles. The highest BCUT2D eigenvalue weighted by Crippen LogP contribution is 2.31. The summed E-state index contributed by atoms with van der Waals surface area (Å²) in [7, 11) is 0. The van der Waals surface area contributed by atoms with Crippen LogP contribution in [0, 0.1) is 0 Å². The smallest absolute Gasteiger partial charge is 0.248 e. The Morgan fingerprint density at radius 2 is 1.81 bits per heavy atom. The molecule has 0 saturated heterocycles. The molecule has 0 N–H and O–H groups in total. The van der Waals surface area contributed by atoms with E-state index in [2.05, 4.69) is 37.7 Å². The summed E-state index contributed by atoms with van der Waals surface area (Å²) < 4.78 is 7.12. The molecule has 5 nitrogen and oxygen atoms in total. The summed E-state index contributed by atoms with van der Waals surface area (Å²) in [5.74, 6) is 1.12. The fourth-order valence-electron chi connectivity index (χ4n) is 2.98. The van der Waals surface area contributed by atoms with E-state index in [-0.39, 0.29) is 0 Å². The predicted octanol–water partition coefficient (Wildman–Crippen LogP) is 5.00. The summed E-state index contributed by atoms with van der Waals surface area (Å²) in [5, 5.41) is 11.6. The second kappa shape index (κ2) is 6.74. The highest BCUT2D eigenvalue weighted by atomic mass is 32.1. The summed E-state index contributed by atoms with van der Waals surface area (Å²) in [6, 6.07) is 18.0. The largest absolute Gasteiger partial charge is 0.420 e. The van der Waals surface area contributed by atoms with Crippen LogP contribution in [0.2, 0.25) is 0 Å². The van der Waals surface area contributed by atoms with Gasteiger partial charge in [0.05, 0.1) is 17.8 Å². The summed E-state index contributed by atoms with van der Waals surface area (Å²) in [4.78, 5) is 8.81. The Hall–Kier alpha value is -3.38. The lowest BCUT2D eigenvalue weighted by molar-refractivity contribution is 0.518. The van der Waals surface area contributed by atoms with Gasteiger partial charge in [0.2, 0.25) is 11.8 Å².